The highest BCUT2D eigenvalue weighted by molar-refractivity contribution is 5.79. The van der Waals surface area contributed by atoms with Gasteiger partial charge in [0.05, 0.1) is 6.04 Å². The maximum atomic E-state index is 12.3. The van der Waals surface area contributed by atoms with Crippen molar-refractivity contribution in [3.05, 3.63) is 12.2 Å². The summed E-state index contributed by atoms with van der Waals surface area (Å²) in [6, 6.07) is 0.0901. The third kappa shape index (κ3) is 3.12. The number of nitrogens with zero attached hydrogens (tertiary/aromatic N) is 1. The van der Waals surface area contributed by atoms with Gasteiger partial charge in [0, 0.05) is 18.9 Å². The van der Waals surface area contributed by atoms with Crippen LogP contribution in [0.5, 0.6) is 0 Å². The smallest absolute Gasteiger partial charge is 0.306 e. The van der Waals surface area contributed by atoms with Crippen molar-refractivity contribution in [3.63, 3.8) is 0 Å². The molecule has 2 aliphatic rings. The second-order valence-electron chi connectivity index (χ2n) is 5.16. The summed E-state index contributed by atoms with van der Waals surface area (Å²) in [5, 5.41) is 0. The fraction of sp³-hybridized carbons (Fsp3) is 0.714. The van der Waals surface area contributed by atoms with E-state index in [-0.39, 0.29) is 23.8 Å². The van der Waals surface area contributed by atoms with E-state index in [2.05, 4.69) is 0 Å². The highest BCUT2D eigenvalue weighted by Crippen LogP contribution is 2.22. The molecule has 0 radical (unpaired) electrons. The van der Waals surface area contributed by atoms with Gasteiger partial charge in [-0.05, 0) is 25.7 Å². The molecule has 2 atom stereocenters. The molecule has 0 saturated carbocycles. The lowest BCUT2D eigenvalue weighted by molar-refractivity contribution is -0.148. The largest absolute Gasteiger partial charge is 0.463 e. The summed E-state index contributed by atoms with van der Waals surface area (Å²) >= 11 is 0. The zero-order valence-corrected chi connectivity index (χ0v) is 10.9. The summed E-state index contributed by atoms with van der Waals surface area (Å²) in [7, 11) is 0. The molecule has 18 heavy (non-hydrogen) atoms. The number of carbonyl (C=O) groups excluding carboxylic acids is 2. The molecule has 1 fully saturated rings. The summed E-state index contributed by atoms with van der Waals surface area (Å²) < 4.78 is 5.25. The lowest BCUT2D eigenvalue weighted by Crippen LogP contribution is -2.41. The highest BCUT2D eigenvalue weighted by Gasteiger charge is 2.31. The fourth-order valence-corrected chi connectivity index (χ4v) is 2.56. The quantitative estimate of drug-likeness (QED) is 0.488. The molecule has 2 heterocycles. The molecular weight excluding hydrogens is 230 g/mol. The molecule has 0 aromatic carbocycles. The van der Waals surface area contributed by atoms with Crippen LogP contribution in [-0.4, -0.2) is 36.0 Å². The van der Waals surface area contributed by atoms with E-state index in [0.717, 1.165) is 25.8 Å². The molecule has 0 N–H and O–H groups in total. The summed E-state index contributed by atoms with van der Waals surface area (Å²) in [6.45, 7) is 3.13. The Kier molecular flexibility index (Phi) is 4.39. The summed E-state index contributed by atoms with van der Waals surface area (Å²) in [6.07, 6.45) is 7.82. The Hall–Kier alpha value is -1.32. The second kappa shape index (κ2) is 6.03. The lowest BCUT2D eigenvalue weighted by Gasteiger charge is -2.27. The van der Waals surface area contributed by atoms with Crippen LogP contribution in [0.4, 0.5) is 0 Å². The summed E-state index contributed by atoms with van der Waals surface area (Å²) in [5.41, 5.74) is 0. The van der Waals surface area contributed by atoms with Crippen LogP contribution in [0.2, 0.25) is 0 Å². The Labute approximate surface area is 108 Å². The van der Waals surface area contributed by atoms with E-state index in [1.165, 1.54) is 0 Å². The molecule has 0 spiro atoms. The maximum absolute atomic E-state index is 12.3. The number of fused-ring (bicyclic) bond motifs is 1. The Morgan fingerprint density at radius 1 is 1.33 bits per heavy atom. The van der Waals surface area contributed by atoms with E-state index in [0.29, 0.717) is 19.4 Å². The number of hydrogen-bond acceptors (Lipinski definition) is 3. The van der Waals surface area contributed by atoms with Crippen molar-refractivity contribution >= 4 is 11.9 Å². The number of rotatable bonds is 0. The van der Waals surface area contributed by atoms with Gasteiger partial charge in [0.2, 0.25) is 5.91 Å². The van der Waals surface area contributed by atoms with Crippen LogP contribution < -0.4 is 0 Å². The van der Waals surface area contributed by atoms with E-state index < -0.39 is 0 Å². The first-order valence-corrected chi connectivity index (χ1v) is 6.79. The van der Waals surface area contributed by atoms with Gasteiger partial charge < -0.3 is 9.64 Å². The SMILES string of the molecule is C[C@H]1C/C=C\CCC(=O)OC[C@@H]2CCCN2C1=O. The Bertz CT molecular complexity index is 351. The molecule has 0 bridgehead atoms. The third-order valence-electron chi connectivity index (χ3n) is 3.69. The maximum Gasteiger partial charge on any atom is 0.306 e. The summed E-state index contributed by atoms with van der Waals surface area (Å²) in [4.78, 5) is 25.6. The minimum atomic E-state index is -0.160. The Morgan fingerprint density at radius 3 is 3.00 bits per heavy atom. The monoisotopic (exact) mass is 251 g/mol. The molecule has 0 aromatic rings. The topological polar surface area (TPSA) is 46.6 Å². The summed E-state index contributed by atoms with van der Waals surface area (Å²) in [5.74, 6) is 0.0586. The van der Waals surface area contributed by atoms with Gasteiger partial charge in [0.1, 0.15) is 6.61 Å². The molecule has 0 unspecified atom stereocenters. The van der Waals surface area contributed by atoms with Crippen LogP contribution in [0.3, 0.4) is 0 Å². The van der Waals surface area contributed by atoms with Crippen LogP contribution >= 0.6 is 0 Å². The van der Waals surface area contributed by atoms with Crippen molar-refractivity contribution in [1.82, 2.24) is 4.90 Å². The lowest BCUT2D eigenvalue weighted by atomic mass is 10.0. The molecule has 2 rings (SSSR count). The number of ether oxygens (including phenoxy) is 1. The molecule has 100 valence electrons. The molecule has 2 aliphatic heterocycles. The number of esters is 1. The van der Waals surface area contributed by atoms with Crippen molar-refractivity contribution in [2.24, 2.45) is 5.92 Å². The molecule has 4 nitrogen and oxygen atoms in total. The second-order valence-corrected chi connectivity index (χ2v) is 5.16. The van der Waals surface area contributed by atoms with E-state index >= 15 is 0 Å². The minimum absolute atomic E-state index is 0.0250. The predicted molar refractivity (Wildman–Crippen MR) is 67.8 cm³/mol. The molecule has 1 saturated heterocycles. The first kappa shape index (κ1) is 13.1. The van der Waals surface area contributed by atoms with Gasteiger partial charge in [0.25, 0.3) is 0 Å². The van der Waals surface area contributed by atoms with E-state index in [1.54, 1.807) is 0 Å². The number of cyclic esters (lactones) is 1. The molecule has 0 aliphatic carbocycles. The Morgan fingerprint density at radius 2 is 2.17 bits per heavy atom. The fourth-order valence-electron chi connectivity index (χ4n) is 2.56. The average molecular weight is 251 g/mol. The average Bonchev–Trinajstić information content (AvgIpc) is 2.81. The van der Waals surface area contributed by atoms with Crippen LogP contribution in [-0.2, 0) is 14.3 Å². The van der Waals surface area contributed by atoms with Gasteiger partial charge in [-0.3, -0.25) is 9.59 Å². The molecule has 0 aromatic heterocycles. The van der Waals surface area contributed by atoms with Crippen molar-refractivity contribution in [2.45, 2.75) is 45.1 Å². The zero-order chi connectivity index (χ0) is 13.0. The third-order valence-corrected chi connectivity index (χ3v) is 3.69. The van der Waals surface area contributed by atoms with Crippen LogP contribution in [0, 0.1) is 5.92 Å². The minimum Gasteiger partial charge on any atom is -0.463 e. The standard InChI is InChI=1S/C14H21NO3/c1-11-6-3-2-4-8-13(16)18-10-12-7-5-9-15(12)14(11)17/h2-3,11-12H,4-10H2,1H3/b3-2-/t11-,12-/m0/s1. The van der Waals surface area contributed by atoms with Crippen LogP contribution in [0.25, 0.3) is 0 Å². The van der Waals surface area contributed by atoms with Gasteiger partial charge in [0.15, 0.2) is 0 Å². The zero-order valence-electron chi connectivity index (χ0n) is 10.9. The first-order valence-electron chi connectivity index (χ1n) is 6.79. The van der Waals surface area contributed by atoms with Gasteiger partial charge in [-0.2, -0.15) is 0 Å². The van der Waals surface area contributed by atoms with Crippen molar-refractivity contribution < 1.29 is 14.3 Å². The van der Waals surface area contributed by atoms with Crippen molar-refractivity contribution in [1.29, 1.82) is 0 Å². The van der Waals surface area contributed by atoms with Crippen molar-refractivity contribution in [3.8, 4) is 0 Å². The van der Waals surface area contributed by atoms with E-state index in [9.17, 15) is 9.59 Å². The number of carbonyl (C=O) groups is 2. The van der Waals surface area contributed by atoms with Crippen molar-refractivity contribution in [2.75, 3.05) is 13.2 Å². The van der Waals surface area contributed by atoms with E-state index in [1.807, 2.05) is 24.0 Å². The highest BCUT2D eigenvalue weighted by atomic mass is 16.5. The molecular formula is C14H21NO3. The first-order chi connectivity index (χ1) is 8.68. The van der Waals surface area contributed by atoms with Gasteiger partial charge in [-0.15, -0.1) is 0 Å². The predicted octanol–water partition coefficient (Wildman–Crippen LogP) is 1.90. The van der Waals surface area contributed by atoms with Gasteiger partial charge >= 0.3 is 5.97 Å². The number of amides is 1. The van der Waals surface area contributed by atoms with Gasteiger partial charge in [-0.1, -0.05) is 19.1 Å². The Balaban J connectivity index is 2.08. The molecule has 4 heteroatoms. The van der Waals surface area contributed by atoms with Crippen LogP contribution in [0.1, 0.15) is 39.0 Å². The molecule has 1 amide bonds. The van der Waals surface area contributed by atoms with Gasteiger partial charge in [-0.25, -0.2) is 0 Å². The normalized spacial score (nSPS) is 32.2. The van der Waals surface area contributed by atoms with Crippen LogP contribution in [0.15, 0.2) is 12.2 Å². The number of allylic oxidation sites excluding steroid dienone is 2. The van der Waals surface area contributed by atoms with E-state index in [4.69, 9.17) is 4.74 Å². The number of hydrogen-bond donors (Lipinski definition) is 0.